The first-order valence-corrected chi connectivity index (χ1v) is 8.01. The third-order valence-electron chi connectivity index (χ3n) is 3.91. The fourth-order valence-corrected chi connectivity index (χ4v) is 2.78. The molecular formula is C18H23N5. The SMILES string of the molecule is CN(Cc1nc2ccccc2[nH]1)Cc1ncccc1CCCN. The van der Waals surface area contributed by atoms with Crippen LogP contribution < -0.4 is 5.73 Å². The van der Waals surface area contributed by atoms with Crippen molar-refractivity contribution in [1.82, 2.24) is 19.9 Å². The minimum atomic E-state index is 0.711. The first-order chi connectivity index (χ1) is 11.3. The van der Waals surface area contributed by atoms with Crippen LogP contribution in [0.5, 0.6) is 0 Å². The second-order valence-corrected chi connectivity index (χ2v) is 5.87. The van der Waals surface area contributed by atoms with Gasteiger partial charge in [-0.3, -0.25) is 9.88 Å². The molecular weight excluding hydrogens is 286 g/mol. The highest BCUT2D eigenvalue weighted by Crippen LogP contribution is 2.14. The van der Waals surface area contributed by atoms with Gasteiger partial charge in [0.15, 0.2) is 0 Å². The number of rotatable bonds is 7. The molecule has 0 spiro atoms. The van der Waals surface area contributed by atoms with Crippen LogP contribution in [0, 0.1) is 0 Å². The third kappa shape index (κ3) is 3.94. The van der Waals surface area contributed by atoms with Gasteiger partial charge in [-0.1, -0.05) is 18.2 Å². The zero-order chi connectivity index (χ0) is 16.1. The maximum Gasteiger partial charge on any atom is 0.121 e. The number of aromatic amines is 1. The number of benzene rings is 1. The summed E-state index contributed by atoms with van der Waals surface area (Å²) in [5.41, 5.74) is 10.1. The molecule has 120 valence electrons. The van der Waals surface area contributed by atoms with Crippen LogP contribution in [0.2, 0.25) is 0 Å². The van der Waals surface area contributed by atoms with Gasteiger partial charge in [-0.25, -0.2) is 4.98 Å². The summed E-state index contributed by atoms with van der Waals surface area (Å²) >= 11 is 0. The quantitative estimate of drug-likeness (QED) is 0.703. The number of nitrogens with one attached hydrogen (secondary N) is 1. The molecule has 0 aliphatic carbocycles. The predicted octanol–water partition coefficient (Wildman–Crippen LogP) is 2.48. The van der Waals surface area contributed by atoms with Crippen LogP contribution in [0.15, 0.2) is 42.6 Å². The minimum absolute atomic E-state index is 0.711. The molecule has 5 nitrogen and oxygen atoms in total. The van der Waals surface area contributed by atoms with E-state index in [1.165, 1.54) is 5.56 Å². The van der Waals surface area contributed by atoms with Gasteiger partial charge < -0.3 is 10.7 Å². The molecule has 0 atom stereocenters. The van der Waals surface area contributed by atoms with Crippen molar-refractivity contribution in [3.05, 3.63) is 59.7 Å². The van der Waals surface area contributed by atoms with E-state index in [-0.39, 0.29) is 0 Å². The van der Waals surface area contributed by atoms with Crippen LogP contribution in [-0.2, 0) is 19.5 Å². The maximum absolute atomic E-state index is 5.62. The zero-order valence-corrected chi connectivity index (χ0v) is 13.5. The Morgan fingerprint density at radius 3 is 2.83 bits per heavy atom. The van der Waals surface area contributed by atoms with E-state index < -0.39 is 0 Å². The largest absolute Gasteiger partial charge is 0.341 e. The molecule has 3 N–H and O–H groups in total. The first-order valence-electron chi connectivity index (χ1n) is 8.01. The number of fused-ring (bicyclic) bond motifs is 1. The van der Waals surface area contributed by atoms with Crippen molar-refractivity contribution >= 4 is 11.0 Å². The lowest BCUT2D eigenvalue weighted by atomic mass is 10.1. The fourth-order valence-electron chi connectivity index (χ4n) is 2.78. The molecule has 0 amide bonds. The van der Waals surface area contributed by atoms with Crippen LogP contribution in [0.25, 0.3) is 11.0 Å². The van der Waals surface area contributed by atoms with E-state index >= 15 is 0 Å². The summed E-state index contributed by atoms with van der Waals surface area (Å²) in [7, 11) is 2.09. The molecule has 3 aromatic rings. The molecule has 0 bridgehead atoms. The van der Waals surface area contributed by atoms with Gasteiger partial charge in [0.1, 0.15) is 5.82 Å². The van der Waals surface area contributed by atoms with Crippen LogP contribution in [-0.4, -0.2) is 33.4 Å². The lowest BCUT2D eigenvalue weighted by molar-refractivity contribution is 0.307. The molecule has 5 heteroatoms. The lowest BCUT2D eigenvalue weighted by Gasteiger charge is -2.16. The highest BCUT2D eigenvalue weighted by atomic mass is 15.1. The molecule has 0 saturated heterocycles. The second-order valence-electron chi connectivity index (χ2n) is 5.87. The third-order valence-corrected chi connectivity index (χ3v) is 3.91. The Morgan fingerprint density at radius 1 is 1.13 bits per heavy atom. The first kappa shape index (κ1) is 15.6. The van der Waals surface area contributed by atoms with Gasteiger partial charge in [0, 0.05) is 12.7 Å². The summed E-state index contributed by atoms with van der Waals surface area (Å²) in [6, 6.07) is 12.2. The van der Waals surface area contributed by atoms with Gasteiger partial charge in [-0.05, 0) is 50.2 Å². The van der Waals surface area contributed by atoms with Gasteiger partial charge in [-0.2, -0.15) is 0 Å². The summed E-state index contributed by atoms with van der Waals surface area (Å²) in [5.74, 6) is 0.980. The van der Waals surface area contributed by atoms with Crippen molar-refractivity contribution < 1.29 is 0 Å². The summed E-state index contributed by atoms with van der Waals surface area (Å²) in [6.07, 6.45) is 3.83. The standard InChI is InChI=1S/C18H23N5/c1-23(12-17-14(6-4-10-19)7-5-11-20-17)13-18-21-15-8-2-3-9-16(15)22-18/h2-3,5,7-9,11H,4,6,10,12-13,19H2,1H3,(H,21,22). The normalized spacial score (nSPS) is 11.4. The van der Waals surface area contributed by atoms with E-state index in [0.717, 1.165) is 48.5 Å². The molecule has 23 heavy (non-hydrogen) atoms. The van der Waals surface area contributed by atoms with E-state index in [1.807, 2.05) is 30.5 Å². The van der Waals surface area contributed by atoms with Gasteiger partial charge in [0.25, 0.3) is 0 Å². The Morgan fingerprint density at radius 2 is 2.00 bits per heavy atom. The summed E-state index contributed by atoms with van der Waals surface area (Å²) in [5, 5.41) is 0. The average molecular weight is 309 g/mol. The number of imidazole rings is 1. The monoisotopic (exact) mass is 309 g/mol. The van der Waals surface area contributed by atoms with E-state index in [9.17, 15) is 0 Å². The smallest absolute Gasteiger partial charge is 0.121 e. The van der Waals surface area contributed by atoms with Crippen LogP contribution >= 0.6 is 0 Å². The molecule has 2 aromatic heterocycles. The summed E-state index contributed by atoms with van der Waals surface area (Å²) < 4.78 is 0. The van der Waals surface area contributed by atoms with Gasteiger partial charge in [0.2, 0.25) is 0 Å². The number of pyridine rings is 1. The van der Waals surface area contributed by atoms with Crippen molar-refractivity contribution in [2.45, 2.75) is 25.9 Å². The Balaban J connectivity index is 1.68. The molecule has 0 saturated carbocycles. The average Bonchev–Trinajstić information content (AvgIpc) is 2.96. The van der Waals surface area contributed by atoms with Crippen molar-refractivity contribution in [2.75, 3.05) is 13.6 Å². The van der Waals surface area contributed by atoms with Gasteiger partial charge in [0.05, 0.1) is 23.3 Å². The molecule has 1 aromatic carbocycles. The molecule has 0 aliphatic heterocycles. The highest BCUT2D eigenvalue weighted by molar-refractivity contribution is 5.74. The van der Waals surface area contributed by atoms with Crippen molar-refractivity contribution in [3.63, 3.8) is 0 Å². The number of nitrogens with zero attached hydrogens (tertiary/aromatic N) is 3. The predicted molar refractivity (Wildman–Crippen MR) is 92.9 cm³/mol. The van der Waals surface area contributed by atoms with Crippen LogP contribution in [0.1, 0.15) is 23.5 Å². The number of hydrogen-bond acceptors (Lipinski definition) is 4. The second kappa shape index (κ2) is 7.35. The van der Waals surface area contributed by atoms with Crippen molar-refractivity contribution in [3.8, 4) is 0 Å². The van der Waals surface area contributed by atoms with Crippen LogP contribution in [0.3, 0.4) is 0 Å². The van der Waals surface area contributed by atoms with E-state index in [4.69, 9.17) is 5.73 Å². The molecule has 0 fully saturated rings. The molecule has 3 rings (SSSR count). The van der Waals surface area contributed by atoms with Gasteiger partial charge in [-0.15, -0.1) is 0 Å². The number of H-pyrrole nitrogens is 1. The number of para-hydroxylation sites is 2. The van der Waals surface area contributed by atoms with Crippen molar-refractivity contribution in [2.24, 2.45) is 5.73 Å². The van der Waals surface area contributed by atoms with Gasteiger partial charge >= 0.3 is 0 Å². The minimum Gasteiger partial charge on any atom is -0.341 e. The molecule has 2 heterocycles. The summed E-state index contributed by atoms with van der Waals surface area (Å²) in [6.45, 7) is 2.28. The molecule has 0 unspecified atom stereocenters. The zero-order valence-electron chi connectivity index (χ0n) is 13.5. The van der Waals surface area contributed by atoms with E-state index in [2.05, 4.69) is 39.0 Å². The summed E-state index contributed by atoms with van der Waals surface area (Å²) in [4.78, 5) is 14.8. The Bertz CT molecular complexity index is 732. The number of aromatic nitrogens is 3. The van der Waals surface area contributed by atoms with Crippen LogP contribution in [0.4, 0.5) is 0 Å². The highest BCUT2D eigenvalue weighted by Gasteiger charge is 2.09. The van der Waals surface area contributed by atoms with E-state index in [1.54, 1.807) is 0 Å². The Hall–Kier alpha value is -2.24. The van der Waals surface area contributed by atoms with E-state index in [0.29, 0.717) is 6.54 Å². The lowest BCUT2D eigenvalue weighted by Crippen LogP contribution is -2.20. The maximum atomic E-state index is 5.62. The molecule has 0 aliphatic rings. The number of nitrogens with two attached hydrogens (primary N) is 1. The number of hydrogen-bond donors (Lipinski definition) is 2. The topological polar surface area (TPSA) is 70.8 Å². The molecule has 0 radical (unpaired) electrons. The number of aryl methyl sites for hydroxylation is 1. The fraction of sp³-hybridized carbons (Fsp3) is 0.333. The van der Waals surface area contributed by atoms with Crippen molar-refractivity contribution in [1.29, 1.82) is 0 Å². The Kier molecular flexibility index (Phi) is 5.00. The Labute approximate surface area is 136 Å².